The monoisotopic (exact) mass is 312 g/mol. The molecule has 1 atom stereocenters. The summed E-state index contributed by atoms with van der Waals surface area (Å²) in [5.74, 6) is 0.123. The molecule has 2 heterocycles. The molecule has 0 fully saturated rings. The molecule has 0 saturated heterocycles. The summed E-state index contributed by atoms with van der Waals surface area (Å²) < 4.78 is 1.29. The highest BCUT2D eigenvalue weighted by Crippen LogP contribution is 2.28. The third-order valence-electron chi connectivity index (χ3n) is 3.28. The van der Waals surface area contributed by atoms with Gasteiger partial charge in [0, 0.05) is 4.88 Å². The van der Waals surface area contributed by atoms with Crippen molar-refractivity contribution in [2.45, 2.75) is 33.2 Å². The molecule has 0 spiro atoms. The molecule has 1 N–H and O–H groups in total. The van der Waals surface area contributed by atoms with E-state index in [2.05, 4.69) is 4.98 Å². The molecule has 2 aromatic rings. The lowest BCUT2D eigenvalue weighted by molar-refractivity contribution is 0.415. The van der Waals surface area contributed by atoms with Gasteiger partial charge in [0.05, 0.1) is 11.6 Å². The van der Waals surface area contributed by atoms with E-state index in [1.807, 2.05) is 38.3 Å². The fourth-order valence-electron chi connectivity index (χ4n) is 2.33. The highest BCUT2D eigenvalue weighted by molar-refractivity contribution is 7.10. The van der Waals surface area contributed by atoms with Crippen LogP contribution in [0, 0.1) is 5.92 Å². The van der Waals surface area contributed by atoms with Crippen molar-refractivity contribution in [2.24, 2.45) is 5.92 Å². The van der Waals surface area contributed by atoms with Gasteiger partial charge in [-0.2, -0.15) is 0 Å². The summed E-state index contributed by atoms with van der Waals surface area (Å²) in [5.41, 5.74) is -0.300. The molecule has 1 unspecified atom stereocenters. The largest absolute Gasteiger partial charge is 0.330 e. The summed E-state index contributed by atoms with van der Waals surface area (Å²) in [6, 6.07) is 3.60. The second kappa shape index (κ2) is 5.97. The summed E-state index contributed by atoms with van der Waals surface area (Å²) in [4.78, 5) is 28.3. The Hall–Kier alpha value is -1.33. The van der Waals surface area contributed by atoms with E-state index >= 15 is 0 Å². The van der Waals surface area contributed by atoms with Crippen molar-refractivity contribution in [3.8, 4) is 0 Å². The number of hydrogen-bond acceptors (Lipinski definition) is 3. The predicted octanol–water partition coefficient (Wildman–Crippen LogP) is 3.06. The number of nitrogens with one attached hydrogen (secondary N) is 1. The van der Waals surface area contributed by atoms with E-state index in [1.165, 1.54) is 4.57 Å². The fraction of sp³-hybridized carbons (Fsp3) is 0.429. The maximum absolute atomic E-state index is 12.5. The SMILES string of the molecule is CCc1c(Cl)[nH]c(=O)n(C(c2cccs2)C(C)C)c1=O. The van der Waals surface area contributed by atoms with Crippen LogP contribution in [-0.2, 0) is 6.42 Å². The molecule has 0 aliphatic heterocycles. The Morgan fingerprint density at radius 2 is 2.10 bits per heavy atom. The quantitative estimate of drug-likeness (QED) is 0.882. The average Bonchev–Trinajstić information content (AvgIpc) is 2.87. The highest BCUT2D eigenvalue weighted by Gasteiger charge is 2.24. The van der Waals surface area contributed by atoms with Crippen molar-refractivity contribution in [3.63, 3.8) is 0 Å². The molecule has 0 amide bonds. The van der Waals surface area contributed by atoms with Crippen LogP contribution in [0.4, 0.5) is 0 Å². The van der Waals surface area contributed by atoms with Crippen LogP contribution in [0.2, 0.25) is 5.15 Å². The molecule has 2 rings (SSSR count). The van der Waals surface area contributed by atoms with E-state index in [9.17, 15) is 9.59 Å². The van der Waals surface area contributed by atoms with E-state index in [1.54, 1.807) is 11.3 Å². The van der Waals surface area contributed by atoms with Crippen molar-refractivity contribution in [2.75, 3.05) is 0 Å². The standard InChI is InChI=1S/C14H17ClN2O2S/c1-4-9-12(15)16-14(19)17(13(9)18)11(8(2)3)10-6-5-7-20-10/h5-8,11H,4H2,1-3H3,(H,16,19). The van der Waals surface area contributed by atoms with Gasteiger partial charge in [-0.1, -0.05) is 38.4 Å². The number of hydrogen-bond donors (Lipinski definition) is 1. The van der Waals surface area contributed by atoms with Crippen LogP contribution in [0.25, 0.3) is 0 Å². The molecule has 6 heteroatoms. The van der Waals surface area contributed by atoms with E-state index in [4.69, 9.17) is 11.6 Å². The van der Waals surface area contributed by atoms with Crippen LogP contribution in [0.5, 0.6) is 0 Å². The van der Waals surface area contributed by atoms with Gasteiger partial charge < -0.3 is 0 Å². The number of halogens is 1. The van der Waals surface area contributed by atoms with Gasteiger partial charge in [-0.3, -0.25) is 14.3 Å². The summed E-state index contributed by atoms with van der Waals surface area (Å²) in [5, 5.41) is 2.09. The van der Waals surface area contributed by atoms with Gasteiger partial charge in [-0.05, 0) is 23.8 Å². The zero-order chi connectivity index (χ0) is 14.9. The van der Waals surface area contributed by atoms with Crippen molar-refractivity contribution in [1.29, 1.82) is 0 Å². The number of aromatic nitrogens is 2. The highest BCUT2D eigenvalue weighted by atomic mass is 35.5. The zero-order valence-corrected chi connectivity index (χ0v) is 13.2. The minimum absolute atomic E-state index is 0.123. The minimum Gasteiger partial charge on any atom is -0.297 e. The normalized spacial score (nSPS) is 12.8. The molecule has 0 aliphatic carbocycles. The lowest BCUT2D eigenvalue weighted by Gasteiger charge is -2.22. The Morgan fingerprint density at radius 1 is 1.40 bits per heavy atom. The first-order valence-electron chi connectivity index (χ1n) is 6.54. The maximum atomic E-state index is 12.5. The Bertz CT molecular complexity index is 701. The van der Waals surface area contributed by atoms with Crippen LogP contribution in [0.15, 0.2) is 27.1 Å². The predicted molar refractivity (Wildman–Crippen MR) is 83.0 cm³/mol. The van der Waals surface area contributed by atoms with E-state index < -0.39 is 5.69 Å². The van der Waals surface area contributed by atoms with Crippen LogP contribution >= 0.6 is 22.9 Å². The Morgan fingerprint density at radius 3 is 2.60 bits per heavy atom. The van der Waals surface area contributed by atoms with Crippen LogP contribution in [-0.4, -0.2) is 9.55 Å². The molecule has 0 aromatic carbocycles. The summed E-state index contributed by atoms with van der Waals surface area (Å²) in [6.07, 6.45) is 0.490. The Kier molecular flexibility index (Phi) is 4.50. The topological polar surface area (TPSA) is 54.9 Å². The van der Waals surface area contributed by atoms with Crippen molar-refractivity contribution < 1.29 is 0 Å². The molecule has 0 saturated carbocycles. The van der Waals surface area contributed by atoms with Crippen LogP contribution in [0.1, 0.15) is 37.3 Å². The van der Waals surface area contributed by atoms with Gasteiger partial charge in [-0.15, -0.1) is 11.3 Å². The third-order valence-corrected chi connectivity index (χ3v) is 4.54. The van der Waals surface area contributed by atoms with E-state index in [0.717, 1.165) is 4.88 Å². The van der Waals surface area contributed by atoms with Gasteiger partial charge in [0.2, 0.25) is 0 Å². The van der Waals surface area contributed by atoms with Crippen molar-refractivity contribution in [1.82, 2.24) is 9.55 Å². The third kappa shape index (κ3) is 2.60. The molecule has 20 heavy (non-hydrogen) atoms. The number of nitrogens with zero attached hydrogens (tertiary/aromatic N) is 1. The second-order valence-corrected chi connectivity index (χ2v) is 6.31. The summed E-state index contributed by atoms with van der Waals surface area (Å²) >= 11 is 7.49. The molecule has 0 radical (unpaired) electrons. The zero-order valence-electron chi connectivity index (χ0n) is 11.6. The van der Waals surface area contributed by atoms with Gasteiger partial charge in [-0.25, -0.2) is 4.79 Å². The number of thiophene rings is 1. The van der Waals surface area contributed by atoms with E-state index in [-0.39, 0.29) is 22.7 Å². The van der Waals surface area contributed by atoms with Crippen LogP contribution < -0.4 is 11.2 Å². The molecule has 4 nitrogen and oxygen atoms in total. The molecule has 0 bridgehead atoms. The Balaban J connectivity index is 2.73. The van der Waals surface area contributed by atoms with E-state index in [0.29, 0.717) is 12.0 Å². The van der Waals surface area contributed by atoms with Gasteiger partial charge in [0.25, 0.3) is 5.56 Å². The summed E-state index contributed by atoms with van der Waals surface area (Å²) in [7, 11) is 0. The second-order valence-electron chi connectivity index (χ2n) is 4.96. The first-order chi connectivity index (χ1) is 9.47. The summed E-state index contributed by atoms with van der Waals surface area (Å²) in [6.45, 7) is 5.84. The Labute approximate surface area is 126 Å². The first kappa shape index (κ1) is 15.1. The number of H-pyrrole nitrogens is 1. The average molecular weight is 313 g/mol. The lowest BCUT2D eigenvalue weighted by Crippen LogP contribution is -2.41. The lowest BCUT2D eigenvalue weighted by atomic mass is 10.0. The maximum Gasteiger partial charge on any atom is 0.330 e. The first-order valence-corrected chi connectivity index (χ1v) is 7.79. The number of rotatable bonds is 4. The molecule has 0 aliphatic rings. The molecule has 2 aromatic heterocycles. The fourth-order valence-corrected chi connectivity index (χ4v) is 3.62. The number of aromatic amines is 1. The van der Waals surface area contributed by atoms with Crippen molar-refractivity contribution >= 4 is 22.9 Å². The van der Waals surface area contributed by atoms with Gasteiger partial charge >= 0.3 is 5.69 Å². The minimum atomic E-state index is -0.454. The molecular formula is C14H17ClN2O2S. The van der Waals surface area contributed by atoms with Gasteiger partial charge in [0.15, 0.2) is 0 Å². The van der Waals surface area contributed by atoms with Crippen molar-refractivity contribution in [3.05, 3.63) is 53.9 Å². The molecular weight excluding hydrogens is 296 g/mol. The smallest absolute Gasteiger partial charge is 0.297 e. The molecule has 108 valence electrons. The van der Waals surface area contributed by atoms with Crippen LogP contribution in [0.3, 0.4) is 0 Å². The van der Waals surface area contributed by atoms with Gasteiger partial charge in [0.1, 0.15) is 5.15 Å².